The quantitative estimate of drug-likeness (QED) is 0.511. The maximum atomic E-state index is 12.1. The molecule has 3 N–H and O–H groups in total. The van der Waals surface area contributed by atoms with Crippen molar-refractivity contribution in [3.63, 3.8) is 0 Å². The van der Waals surface area contributed by atoms with Gasteiger partial charge in [0.05, 0.1) is 19.6 Å². The number of rotatable bonds is 8. The molecule has 1 unspecified atom stereocenters. The van der Waals surface area contributed by atoms with Gasteiger partial charge in [0, 0.05) is 17.1 Å². The van der Waals surface area contributed by atoms with Crippen LogP contribution in [0.4, 0.5) is 0 Å². The van der Waals surface area contributed by atoms with Gasteiger partial charge in [0.15, 0.2) is 6.04 Å². The highest BCUT2D eigenvalue weighted by Gasteiger charge is 2.21. The van der Waals surface area contributed by atoms with Crippen molar-refractivity contribution >= 4 is 22.8 Å². The molecule has 1 heterocycles. The van der Waals surface area contributed by atoms with Crippen LogP contribution in [0, 0.1) is 6.92 Å². The number of carbonyl (C=O) groups is 2. The fourth-order valence-electron chi connectivity index (χ4n) is 2.45. The minimum atomic E-state index is -1.13. The monoisotopic (exact) mass is 316 g/mol. The molecule has 6 heteroatoms. The molecule has 1 amide bonds. The summed E-state index contributed by atoms with van der Waals surface area (Å²) >= 11 is 0. The normalized spacial score (nSPS) is 12.0. The highest BCUT2D eigenvalue weighted by molar-refractivity contribution is 5.92. The maximum absolute atomic E-state index is 12.1. The molecule has 1 aromatic heterocycles. The summed E-state index contributed by atoms with van der Waals surface area (Å²) < 4.78 is 5.11. The lowest BCUT2D eigenvalue weighted by Gasteiger charge is -2.14. The lowest BCUT2D eigenvalue weighted by Crippen LogP contribution is -2.44. The first-order valence-electron chi connectivity index (χ1n) is 7.29. The minimum Gasteiger partial charge on any atom is -0.480 e. The van der Waals surface area contributed by atoms with E-state index in [4.69, 9.17) is 9.84 Å². The van der Waals surface area contributed by atoms with Crippen LogP contribution >= 0.6 is 0 Å². The molecule has 0 radical (unpaired) electrons. The van der Waals surface area contributed by atoms with E-state index >= 15 is 0 Å². The van der Waals surface area contributed by atoms with Gasteiger partial charge in [0.1, 0.15) is 0 Å². The smallest absolute Gasteiger partial charge is 0.328 e. The van der Waals surface area contributed by atoms with Crippen LogP contribution in [-0.2, 0) is 20.7 Å². The van der Waals surface area contributed by atoms with E-state index in [1.165, 1.54) is 6.08 Å². The van der Waals surface area contributed by atoms with Crippen molar-refractivity contribution in [2.45, 2.75) is 19.4 Å². The summed E-state index contributed by atoms with van der Waals surface area (Å²) in [5.74, 6) is -1.48. The van der Waals surface area contributed by atoms with E-state index < -0.39 is 12.0 Å². The first-order chi connectivity index (χ1) is 11.0. The molecule has 23 heavy (non-hydrogen) atoms. The maximum Gasteiger partial charge on any atom is 0.328 e. The summed E-state index contributed by atoms with van der Waals surface area (Å²) in [5, 5.41) is 12.6. The van der Waals surface area contributed by atoms with Crippen LogP contribution < -0.4 is 5.32 Å². The van der Waals surface area contributed by atoms with E-state index in [0.29, 0.717) is 0 Å². The zero-order chi connectivity index (χ0) is 16.8. The summed E-state index contributed by atoms with van der Waals surface area (Å²) in [6.45, 7) is 5.60. The molecule has 0 bridgehead atoms. The summed E-state index contributed by atoms with van der Waals surface area (Å²) in [7, 11) is 0. The molecule has 0 aliphatic rings. The average Bonchev–Trinajstić information content (AvgIpc) is 2.90. The molecule has 0 fully saturated rings. The third kappa shape index (κ3) is 4.20. The van der Waals surface area contributed by atoms with Gasteiger partial charge in [0.2, 0.25) is 5.91 Å². The second-order valence-electron chi connectivity index (χ2n) is 5.27. The SMILES string of the molecule is C=CCOCC(NC(=O)Cc1c[nH]c2cccc(C)c12)C(=O)O. The first-order valence-corrected chi connectivity index (χ1v) is 7.29. The molecule has 2 aromatic rings. The summed E-state index contributed by atoms with van der Waals surface area (Å²) in [6, 6.07) is 4.78. The van der Waals surface area contributed by atoms with Crippen LogP contribution in [0.1, 0.15) is 11.1 Å². The number of carboxylic acids is 1. The molecular formula is C17H20N2O4. The molecular weight excluding hydrogens is 296 g/mol. The number of benzene rings is 1. The predicted octanol–water partition coefficient (Wildman–Crippen LogP) is 1.79. The van der Waals surface area contributed by atoms with Crippen molar-refractivity contribution < 1.29 is 19.4 Å². The summed E-state index contributed by atoms with van der Waals surface area (Å²) in [6.07, 6.45) is 3.41. The van der Waals surface area contributed by atoms with Gasteiger partial charge in [-0.25, -0.2) is 4.79 Å². The highest BCUT2D eigenvalue weighted by atomic mass is 16.5. The van der Waals surface area contributed by atoms with Gasteiger partial charge in [-0.3, -0.25) is 4.79 Å². The number of carbonyl (C=O) groups excluding carboxylic acids is 1. The fraction of sp³-hybridized carbons (Fsp3) is 0.294. The Hall–Kier alpha value is -2.60. The molecule has 6 nitrogen and oxygen atoms in total. The molecule has 1 aromatic carbocycles. The Balaban J connectivity index is 2.05. The second-order valence-corrected chi connectivity index (χ2v) is 5.27. The molecule has 1 atom stereocenters. The largest absolute Gasteiger partial charge is 0.480 e. The fourth-order valence-corrected chi connectivity index (χ4v) is 2.45. The van der Waals surface area contributed by atoms with Crippen molar-refractivity contribution in [2.75, 3.05) is 13.2 Å². The van der Waals surface area contributed by atoms with Gasteiger partial charge in [0.25, 0.3) is 0 Å². The zero-order valence-corrected chi connectivity index (χ0v) is 13.0. The number of aromatic amines is 1. The standard InChI is InChI=1S/C17H20N2O4/c1-3-7-23-10-14(17(21)22)19-15(20)8-12-9-18-13-6-4-5-11(2)16(12)13/h3-6,9,14,18H,1,7-8,10H2,2H3,(H,19,20)(H,21,22). The van der Waals surface area contributed by atoms with Gasteiger partial charge in [-0.2, -0.15) is 0 Å². The Morgan fingerprint density at radius 2 is 2.26 bits per heavy atom. The minimum absolute atomic E-state index is 0.0972. The summed E-state index contributed by atoms with van der Waals surface area (Å²) in [5.41, 5.74) is 2.86. The van der Waals surface area contributed by atoms with E-state index in [1.54, 1.807) is 6.20 Å². The van der Waals surface area contributed by atoms with Crippen LogP contribution in [-0.4, -0.2) is 41.2 Å². The molecule has 0 spiro atoms. The van der Waals surface area contributed by atoms with E-state index in [9.17, 15) is 9.59 Å². The topological polar surface area (TPSA) is 91.4 Å². The van der Waals surface area contributed by atoms with E-state index in [-0.39, 0.29) is 25.5 Å². The Labute approximate surface area is 134 Å². The van der Waals surface area contributed by atoms with E-state index in [1.807, 2.05) is 25.1 Å². The van der Waals surface area contributed by atoms with Crippen molar-refractivity contribution in [3.05, 3.63) is 48.2 Å². The number of fused-ring (bicyclic) bond motifs is 1. The third-order valence-electron chi connectivity index (χ3n) is 3.50. The predicted molar refractivity (Wildman–Crippen MR) is 87.3 cm³/mol. The number of hydrogen-bond donors (Lipinski definition) is 3. The molecule has 122 valence electrons. The van der Waals surface area contributed by atoms with Crippen molar-refractivity contribution in [3.8, 4) is 0 Å². The number of ether oxygens (including phenoxy) is 1. The molecule has 0 saturated carbocycles. The number of aromatic nitrogens is 1. The number of hydrogen-bond acceptors (Lipinski definition) is 3. The second kappa shape index (κ2) is 7.60. The zero-order valence-electron chi connectivity index (χ0n) is 13.0. The highest BCUT2D eigenvalue weighted by Crippen LogP contribution is 2.22. The Bertz CT molecular complexity index is 720. The Kier molecular flexibility index (Phi) is 5.54. The van der Waals surface area contributed by atoms with Crippen LogP contribution in [0.2, 0.25) is 0 Å². The number of aryl methyl sites for hydroxylation is 1. The lowest BCUT2D eigenvalue weighted by molar-refractivity contribution is -0.143. The molecule has 0 aliphatic heterocycles. The van der Waals surface area contributed by atoms with Gasteiger partial charge in [-0.1, -0.05) is 18.2 Å². The Morgan fingerprint density at radius 1 is 1.48 bits per heavy atom. The molecule has 2 rings (SSSR count). The lowest BCUT2D eigenvalue weighted by atomic mass is 10.1. The van der Waals surface area contributed by atoms with E-state index in [2.05, 4.69) is 16.9 Å². The van der Waals surface area contributed by atoms with Gasteiger partial charge >= 0.3 is 5.97 Å². The molecule has 0 aliphatic carbocycles. The van der Waals surface area contributed by atoms with Crippen molar-refractivity contribution in [1.82, 2.24) is 10.3 Å². The number of H-pyrrole nitrogens is 1. The average molecular weight is 316 g/mol. The van der Waals surface area contributed by atoms with Gasteiger partial charge in [-0.05, 0) is 24.1 Å². The van der Waals surface area contributed by atoms with Gasteiger partial charge < -0.3 is 20.1 Å². The van der Waals surface area contributed by atoms with Crippen LogP contribution in [0.3, 0.4) is 0 Å². The van der Waals surface area contributed by atoms with Crippen LogP contribution in [0.25, 0.3) is 10.9 Å². The van der Waals surface area contributed by atoms with Crippen LogP contribution in [0.5, 0.6) is 0 Å². The van der Waals surface area contributed by atoms with Gasteiger partial charge in [-0.15, -0.1) is 6.58 Å². The first kappa shape index (κ1) is 16.8. The molecule has 0 saturated heterocycles. The number of nitrogens with one attached hydrogen (secondary N) is 2. The third-order valence-corrected chi connectivity index (χ3v) is 3.50. The number of amides is 1. The number of carboxylic acid groups (broad SMARTS) is 1. The van der Waals surface area contributed by atoms with Crippen molar-refractivity contribution in [2.24, 2.45) is 0 Å². The summed E-state index contributed by atoms with van der Waals surface area (Å²) in [4.78, 5) is 26.4. The Morgan fingerprint density at radius 3 is 2.96 bits per heavy atom. The number of aliphatic carboxylic acids is 1. The van der Waals surface area contributed by atoms with Crippen molar-refractivity contribution in [1.29, 1.82) is 0 Å². The van der Waals surface area contributed by atoms with Crippen LogP contribution in [0.15, 0.2) is 37.1 Å². The van der Waals surface area contributed by atoms with E-state index in [0.717, 1.165) is 22.0 Å².